The van der Waals surface area contributed by atoms with E-state index in [1.54, 1.807) is 6.33 Å². The van der Waals surface area contributed by atoms with Gasteiger partial charge in [0.05, 0.1) is 5.69 Å². The molecule has 1 N–H and O–H groups in total. The predicted octanol–water partition coefficient (Wildman–Crippen LogP) is 2.80. The Morgan fingerprint density at radius 3 is 2.84 bits per heavy atom. The number of rotatable bonds is 3. The zero-order valence-electron chi connectivity index (χ0n) is 11.3. The van der Waals surface area contributed by atoms with Crippen LogP contribution in [0, 0.1) is 6.92 Å². The van der Waals surface area contributed by atoms with Crippen molar-refractivity contribution in [3.8, 4) is 0 Å². The highest BCUT2D eigenvalue weighted by atomic mass is 15.0. The maximum Gasteiger partial charge on any atom is 0.115 e. The summed E-state index contributed by atoms with van der Waals surface area (Å²) in [4.78, 5) is 8.69. The van der Waals surface area contributed by atoms with Crippen molar-refractivity contribution in [2.75, 3.05) is 6.54 Å². The van der Waals surface area contributed by atoms with Crippen molar-refractivity contribution in [3.05, 3.63) is 59.2 Å². The molecular weight excluding hydrogens is 234 g/mol. The Balaban J connectivity index is 1.85. The van der Waals surface area contributed by atoms with Gasteiger partial charge in [-0.2, -0.15) is 0 Å². The molecule has 0 aliphatic carbocycles. The molecule has 1 unspecified atom stereocenters. The molecule has 0 amide bonds. The fraction of sp³-hybridized carbons (Fsp3) is 0.375. The van der Waals surface area contributed by atoms with Gasteiger partial charge in [0, 0.05) is 18.7 Å². The summed E-state index contributed by atoms with van der Waals surface area (Å²) in [7, 11) is 0. The minimum absolute atomic E-state index is 0.406. The smallest absolute Gasteiger partial charge is 0.115 e. The van der Waals surface area contributed by atoms with Gasteiger partial charge in [0.25, 0.3) is 0 Å². The number of aromatic nitrogens is 2. The Labute approximate surface area is 114 Å². The van der Waals surface area contributed by atoms with Crippen LogP contribution in [0.5, 0.6) is 0 Å². The van der Waals surface area contributed by atoms with Gasteiger partial charge in [0.2, 0.25) is 0 Å². The van der Waals surface area contributed by atoms with Crippen LogP contribution in [0.3, 0.4) is 0 Å². The lowest BCUT2D eigenvalue weighted by Crippen LogP contribution is -2.16. The Morgan fingerprint density at radius 1 is 1.26 bits per heavy atom. The molecule has 2 heterocycles. The summed E-state index contributed by atoms with van der Waals surface area (Å²) in [5, 5.41) is 3.52. The third-order valence-corrected chi connectivity index (χ3v) is 3.73. The van der Waals surface area contributed by atoms with Crippen molar-refractivity contribution in [2.24, 2.45) is 0 Å². The Kier molecular flexibility index (Phi) is 3.56. The van der Waals surface area contributed by atoms with E-state index >= 15 is 0 Å². The van der Waals surface area contributed by atoms with E-state index in [0.717, 1.165) is 13.0 Å². The number of benzene rings is 1. The Morgan fingerprint density at radius 2 is 2.11 bits per heavy atom. The summed E-state index contributed by atoms with van der Waals surface area (Å²) >= 11 is 0. The largest absolute Gasteiger partial charge is 0.309 e. The third kappa shape index (κ3) is 2.82. The van der Waals surface area contributed by atoms with E-state index in [2.05, 4.69) is 46.5 Å². The minimum atomic E-state index is 0.406. The van der Waals surface area contributed by atoms with E-state index in [1.165, 1.54) is 35.2 Å². The first kappa shape index (κ1) is 12.3. The lowest BCUT2D eigenvalue weighted by Gasteiger charge is -2.14. The minimum Gasteiger partial charge on any atom is -0.309 e. The summed E-state index contributed by atoms with van der Waals surface area (Å²) in [6, 6.07) is 9.10. The van der Waals surface area contributed by atoms with E-state index < -0.39 is 0 Å². The summed E-state index contributed by atoms with van der Waals surface area (Å²) in [5.41, 5.74) is 5.03. The Bertz CT molecular complexity index is 542. The van der Waals surface area contributed by atoms with Gasteiger partial charge in [0.15, 0.2) is 0 Å². The second kappa shape index (κ2) is 5.49. The molecule has 3 heteroatoms. The molecule has 0 bridgehead atoms. The Hall–Kier alpha value is -1.74. The third-order valence-electron chi connectivity index (χ3n) is 3.73. The molecule has 0 saturated carbocycles. The summed E-state index contributed by atoms with van der Waals surface area (Å²) < 4.78 is 0. The normalized spacial score (nSPS) is 18.7. The molecule has 0 spiro atoms. The molecular formula is C16H19N3. The topological polar surface area (TPSA) is 37.8 Å². The van der Waals surface area contributed by atoms with Crippen molar-refractivity contribution in [1.29, 1.82) is 0 Å². The zero-order chi connectivity index (χ0) is 13.1. The van der Waals surface area contributed by atoms with Gasteiger partial charge >= 0.3 is 0 Å². The van der Waals surface area contributed by atoms with Gasteiger partial charge in [-0.25, -0.2) is 9.97 Å². The molecule has 1 aliphatic rings. The molecule has 1 fully saturated rings. The van der Waals surface area contributed by atoms with Crippen LogP contribution < -0.4 is 5.32 Å². The van der Waals surface area contributed by atoms with Crippen LogP contribution in [0.4, 0.5) is 0 Å². The van der Waals surface area contributed by atoms with Crippen LogP contribution in [0.25, 0.3) is 0 Å². The number of nitrogens with one attached hydrogen (secondary N) is 1. The van der Waals surface area contributed by atoms with Crippen molar-refractivity contribution < 1.29 is 0 Å². The van der Waals surface area contributed by atoms with Gasteiger partial charge in [-0.3, -0.25) is 0 Å². The van der Waals surface area contributed by atoms with Crippen molar-refractivity contribution in [1.82, 2.24) is 15.3 Å². The van der Waals surface area contributed by atoms with Gasteiger partial charge in [-0.05, 0) is 37.4 Å². The highest BCUT2D eigenvalue weighted by Crippen LogP contribution is 2.25. The van der Waals surface area contributed by atoms with E-state index in [4.69, 9.17) is 0 Å². The number of aryl methyl sites for hydroxylation is 1. The average Bonchev–Trinajstić information content (AvgIpc) is 2.96. The van der Waals surface area contributed by atoms with E-state index in [-0.39, 0.29) is 0 Å². The molecule has 1 saturated heterocycles. The van der Waals surface area contributed by atoms with Crippen molar-refractivity contribution in [3.63, 3.8) is 0 Å². The monoisotopic (exact) mass is 253 g/mol. The van der Waals surface area contributed by atoms with Gasteiger partial charge < -0.3 is 5.32 Å². The number of nitrogens with zero attached hydrogens (tertiary/aromatic N) is 2. The van der Waals surface area contributed by atoms with Crippen molar-refractivity contribution in [2.45, 2.75) is 32.2 Å². The molecule has 3 rings (SSSR count). The van der Waals surface area contributed by atoms with Crippen LogP contribution in [-0.4, -0.2) is 16.5 Å². The van der Waals surface area contributed by atoms with Crippen LogP contribution in [-0.2, 0) is 6.42 Å². The zero-order valence-corrected chi connectivity index (χ0v) is 11.3. The lowest BCUT2D eigenvalue weighted by atomic mass is 10.00. The van der Waals surface area contributed by atoms with Crippen molar-refractivity contribution >= 4 is 0 Å². The van der Waals surface area contributed by atoms with Gasteiger partial charge in [-0.15, -0.1) is 0 Å². The lowest BCUT2D eigenvalue weighted by molar-refractivity contribution is 0.618. The van der Waals surface area contributed by atoms with E-state index in [0.29, 0.717) is 6.04 Å². The van der Waals surface area contributed by atoms with Crippen LogP contribution in [0.1, 0.15) is 41.3 Å². The van der Waals surface area contributed by atoms with Crippen LogP contribution in [0.2, 0.25) is 0 Å². The molecule has 19 heavy (non-hydrogen) atoms. The van der Waals surface area contributed by atoms with Gasteiger partial charge in [0.1, 0.15) is 6.33 Å². The summed E-state index contributed by atoms with van der Waals surface area (Å²) in [5.74, 6) is 0. The summed E-state index contributed by atoms with van der Waals surface area (Å²) in [6.07, 6.45) is 6.95. The molecule has 1 aliphatic heterocycles. The molecule has 1 aromatic carbocycles. The molecule has 0 radical (unpaired) electrons. The maximum atomic E-state index is 4.50. The predicted molar refractivity (Wildman–Crippen MR) is 76.0 cm³/mol. The first-order valence-electron chi connectivity index (χ1n) is 6.90. The van der Waals surface area contributed by atoms with Crippen LogP contribution in [0.15, 0.2) is 36.8 Å². The molecule has 1 atom stereocenters. The van der Waals surface area contributed by atoms with E-state index in [9.17, 15) is 0 Å². The van der Waals surface area contributed by atoms with Crippen LogP contribution >= 0.6 is 0 Å². The van der Waals surface area contributed by atoms with Gasteiger partial charge in [-0.1, -0.05) is 29.8 Å². The highest BCUT2D eigenvalue weighted by molar-refractivity contribution is 5.30. The van der Waals surface area contributed by atoms with E-state index in [1.807, 2.05) is 6.20 Å². The maximum absolute atomic E-state index is 4.50. The number of hydrogen-bond acceptors (Lipinski definition) is 3. The second-order valence-electron chi connectivity index (χ2n) is 5.24. The summed E-state index contributed by atoms with van der Waals surface area (Å²) in [6.45, 7) is 3.21. The molecule has 98 valence electrons. The first-order chi connectivity index (χ1) is 9.33. The molecule has 1 aromatic heterocycles. The standard InChI is InChI=1S/C16H19N3/c1-12-4-6-13(7-5-12)9-14-10-17-11-19-16(14)15-3-2-8-18-15/h4-7,10-11,15,18H,2-3,8-9H2,1H3. The SMILES string of the molecule is Cc1ccc(Cc2cncnc2C2CCCN2)cc1. The second-order valence-corrected chi connectivity index (χ2v) is 5.24. The number of hydrogen-bond donors (Lipinski definition) is 1. The highest BCUT2D eigenvalue weighted by Gasteiger charge is 2.20. The molecule has 2 aromatic rings. The average molecular weight is 253 g/mol. The molecule has 3 nitrogen and oxygen atoms in total. The fourth-order valence-corrected chi connectivity index (χ4v) is 2.66. The fourth-order valence-electron chi connectivity index (χ4n) is 2.66. The quantitative estimate of drug-likeness (QED) is 0.914. The first-order valence-corrected chi connectivity index (χ1v) is 6.90.